The molecule has 2 aromatic rings. The van der Waals surface area contributed by atoms with Gasteiger partial charge in [-0.1, -0.05) is 42.5 Å². The van der Waals surface area contributed by atoms with E-state index in [-0.39, 0.29) is 6.03 Å². The highest BCUT2D eigenvalue weighted by Crippen LogP contribution is 2.19. The lowest BCUT2D eigenvalue weighted by Crippen LogP contribution is -2.50. The molecule has 5 nitrogen and oxygen atoms in total. The maximum absolute atomic E-state index is 12.2. The van der Waals surface area contributed by atoms with E-state index >= 15 is 0 Å². The minimum atomic E-state index is -0.656. The molecule has 5 heteroatoms. The lowest BCUT2D eigenvalue weighted by atomic mass is 9.99. The van der Waals surface area contributed by atoms with E-state index in [1.54, 1.807) is 4.90 Å². The SMILES string of the molecule is O=[C][C@H](Cc1cccc2ccccc12)NC(=O)N1CCOCC1. The Hall–Kier alpha value is -2.40. The highest BCUT2D eigenvalue weighted by molar-refractivity contribution is 5.86. The monoisotopic (exact) mass is 311 g/mol. The molecule has 0 bridgehead atoms. The Bertz CT molecular complexity index is 690. The van der Waals surface area contributed by atoms with Crippen LogP contribution in [0.4, 0.5) is 4.79 Å². The Morgan fingerprint density at radius 1 is 1.17 bits per heavy atom. The van der Waals surface area contributed by atoms with Crippen LogP contribution in [0.25, 0.3) is 10.8 Å². The van der Waals surface area contributed by atoms with Crippen LogP contribution in [0.15, 0.2) is 42.5 Å². The summed E-state index contributed by atoms with van der Waals surface area (Å²) in [5.41, 5.74) is 1.03. The van der Waals surface area contributed by atoms with Crippen molar-refractivity contribution in [3.63, 3.8) is 0 Å². The van der Waals surface area contributed by atoms with Crippen LogP contribution in [0, 0.1) is 0 Å². The molecule has 0 aliphatic carbocycles. The first-order chi connectivity index (χ1) is 11.3. The summed E-state index contributed by atoms with van der Waals surface area (Å²) in [5.74, 6) is 0. The second-order valence-electron chi connectivity index (χ2n) is 5.56. The molecule has 0 spiro atoms. The second kappa shape index (κ2) is 7.24. The third-order valence-electron chi connectivity index (χ3n) is 4.04. The predicted molar refractivity (Wildman–Crippen MR) is 88.1 cm³/mol. The summed E-state index contributed by atoms with van der Waals surface area (Å²) in [6.45, 7) is 2.16. The number of carbonyl (C=O) groups excluding carboxylic acids is 2. The molecule has 0 unspecified atom stereocenters. The molecule has 1 aliphatic heterocycles. The summed E-state index contributed by atoms with van der Waals surface area (Å²) in [5, 5.41) is 4.97. The standard InChI is InChI=1S/C18H19N2O3/c21-13-16(19-18(22)20-8-10-23-11-9-20)12-15-6-3-5-14-4-1-2-7-17(14)15/h1-7,16H,8-12H2,(H,19,22)/t16-/m0/s1. The zero-order valence-corrected chi connectivity index (χ0v) is 12.8. The Balaban J connectivity index is 1.71. The smallest absolute Gasteiger partial charge is 0.318 e. The maximum Gasteiger partial charge on any atom is 0.318 e. The summed E-state index contributed by atoms with van der Waals surface area (Å²) in [7, 11) is 0. The van der Waals surface area contributed by atoms with Crippen molar-refractivity contribution in [1.82, 2.24) is 10.2 Å². The van der Waals surface area contributed by atoms with E-state index in [2.05, 4.69) is 5.32 Å². The van der Waals surface area contributed by atoms with Crippen LogP contribution < -0.4 is 5.32 Å². The molecule has 0 aromatic heterocycles. The number of nitrogens with zero attached hydrogens (tertiary/aromatic N) is 1. The average Bonchev–Trinajstić information content (AvgIpc) is 2.62. The summed E-state index contributed by atoms with van der Waals surface area (Å²) in [4.78, 5) is 25.1. The summed E-state index contributed by atoms with van der Waals surface area (Å²) < 4.78 is 5.23. The molecule has 23 heavy (non-hydrogen) atoms. The minimum Gasteiger partial charge on any atom is -0.378 e. The molecule has 2 aromatic carbocycles. The molecule has 2 amide bonds. The first-order valence-corrected chi connectivity index (χ1v) is 7.75. The Labute approximate surface area is 135 Å². The van der Waals surface area contributed by atoms with Crippen LogP contribution in [0.5, 0.6) is 0 Å². The van der Waals surface area contributed by atoms with Crippen molar-refractivity contribution in [2.24, 2.45) is 0 Å². The van der Waals surface area contributed by atoms with Gasteiger partial charge in [-0.05, 0) is 16.3 Å². The van der Waals surface area contributed by atoms with Gasteiger partial charge in [0, 0.05) is 19.5 Å². The van der Waals surface area contributed by atoms with E-state index in [0.717, 1.165) is 16.3 Å². The fourth-order valence-electron chi connectivity index (χ4n) is 2.82. The van der Waals surface area contributed by atoms with Crippen molar-refractivity contribution in [3.05, 3.63) is 48.0 Å². The maximum atomic E-state index is 12.2. The van der Waals surface area contributed by atoms with Crippen molar-refractivity contribution < 1.29 is 14.3 Å². The predicted octanol–water partition coefficient (Wildman–Crippen LogP) is 1.90. The number of ether oxygens (including phenoxy) is 1. The second-order valence-corrected chi connectivity index (χ2v) is 5.56. The molecule has 0 saturated carbocycles. The quantitative estimate of drug-likeness (QED) is 0.938. The molecule has 1 fully saturated rings. The number of hydrogen-bond acceptors (Lipinski definition) is 3. The van der Waals surface area contributed by atoms with Crippen molar-refractivity contribution in [2.75, 3.05) is 26.3 Å². The molecule has 1 saturated heterocycles. The number of morpholine rings is 1. The van der Waals surface area contributed by atoms with Gasteiger partial charge in [-0.3, -0.25) is 4.79 Å². The van der Waals surface area contributed by atoms with Gasteiger partial charge in [0.15, 0.2) is 0 Å². The number of carbonyl (C=O) groups is 1. The topological polar surface area (TPSA) is 58.6 Å². The van der Waals surface area contributed by atoms with Gasteiger partial charge in [-0.15, -0.1) is 0 Å². The van der Waals surface area contributed by atoms with Crippen molar-refractivity contribution >= 4 is 23.1 Å². The first-order valence-electron chi connectivity index (χ1n) is 7.75. The van der Waals surface area contributed by atoms with Crippen LogP contribution >= 0.6 is 0 Å². The van der Waals surface area contributed by atoms with E-state index in [4.69, 9.17) is 4.74 Å². The van der Waals surface area contributed by atoms with Gasteiger partial charge in [-0.25, -0.2) is 4.79 Å². The van der Waals surface area contributed by atoms with Gasteiger partial charge in [0.2, 0.25) is 6.29 Å². The van der Waals surface area contributed by atoms with Crippen molar-refractivity contribution in [2.45, 2.75) is 12.5 Å². The van der Waals surface area contributed by atoms with E-state index in [9.17, 15) is 9.59 Å². The molecule has 1 aliphatic rings. The van der Waals surface area contributed by atoms with E-state index in [0.29, 0.717) is 32.7 Å². The Morgan fingerprint density at radius 2 is 1.91 bits per heavy atom. The average molecular weight is 311 g/mol. The summed E-state index contributed by atoms with van der Waals surface area (Å²) >= 11 is 0. The third kappa shape index (κ3) is 3.68. The van der Waals surface area contributed by atoms with Gasteiger partial charge in [0.25, 0.3) is 0 Å². The minimum absolute atomic E-state index is 0.234. The molecule has 1 heterocycles. The third-order valence-corrected chi connectivity index (χ3v) is 4.04. The molecule has 119 valence electrons. The van der Waals surface area contributed by atoms with Gasteiger partial charge >= 0.3 is 6.03 Å². The number of benzene rings is 2. The lowest BCUT2D eigenvalue weighted by molar-refractivity contribution is 0.0529. The fraction of sp³-hybridized carbons (Fsp3) is 0.333. The summed E-state index contributed by atoms with van der Waals surface area (Å²) in [6.07, 6.45) is 2.38. The van der Waals surface area contributed by atoms with Crippen LogP contribution in [0.1, 0.15) is 5.56 Å². The molecular formula is C18H19N2O3. The summed E-state index contributed by atoms with van der Waals surface area (Å²) in [6, 6.07) is 13.1. The van der Waals surface area contributed by atoms with Gasteiger partial charge in [0.1, 0.15) is 6.04 Å². The number of rotatable bonds is 4. The van der Waals surface area contributed by atoms with Gasteiger partial charge in [-0.2, -0.15) is 0 Å². The molecule has 1 N–H and O–H groups in total. The first kappa shape index (κ1) is 15.5. The Morgan fingerprint density at radius 3 is 2.70 bits per heavy atom. The van der Waals surface area contributed by atoms with Gasteiger partial charge < -0.3 is 15.0 Å². The molecule has 3 rings (SSSR count). The van der Waals surface area contributed by atoms with Gasteiger partial charge in [0.05, 0.1) is 13.2 Å². The van der Waals surface area contributed by atoms with Crippen molar-refractivity contribution in [1.29, 1.82) is 0 Å². The largest absolute Gasteiger partial charge is 0.378 e. The lowest BCUT2D eigenvalue weighted by Gasteiger charge is -2.28. The van der Waals surface area contributed by atoms with Crippen molar-refractivity contribution in [3.8, 4) is 0 Å². The number of nitrogens with one attached hydrogen (secondary N) is 1. The van der Waals surface area contributed by atoms with E-state index < -0.39 is 6.04 Å². The number of fused-ring (bicyclic) bond motifs is 1. The molecule has 1 radical (unpaired) electrons. The van der Waals surface area contributed by atoms with E-state index in [1.807, 2.05) is 48.8 Å². The molecular weight excluding hydrogens is 292 g/mol. The number of urea groups is 1. The van der Waals surface area contributed by atoms with Crippen LogP contribution in [0.3, 0.4) is 0 Å². The van der Waals surface area contributed by atoms with Crippen LogP contribution in [-0.2, 0) is 16.0 Å². The number of hydrogen-bond donors (Lipinski definition) is 1. The number of amides is 2. The zero-order chi connectivity index (χ0) is 16.1. The Kier molecular flexibility index (Phi) is 4.88. The highest BCUT2D eigenvalue weighted by atomic mass is 16.5. The molecule has 1 atom stereocenters. The fourth-order valence-corrected chi connectivity index (χ4v) is 2.82. The van der Waals surface area contributed by atoms with Crippen LogP contribution in [-0.4, -0.2) is 49.6 Å². The van der Waals surface area contributed by atoms with Crippen LogP contribution in [0.2, 0.25) is 0 Å². The highest BCUT2D eigenvalue weighted by Gasteiger charge is 2.20. The zero-order valence-electron chi connectivity index (χ0n) is 12.8. The van der Waals surface area contributed by atoms with E-state index in [1.165, 1.54) is 0 Å². The normalized spacial score (nSPS) is 16.1.